The lowest BCUT2D eigenvalue weighted by Crippen LogP contribution is -1.99. The summed E-state index contributed by atoms with van der Waals surface area (Å²) >= 11 is 0. The van der Waals surface area contributed by atoms with Gasteiger partial charge in [0.25, 0.3) is 0 Å². The third-order valence-corrected chi connectivity index (χ3v) is 4.39. The van der Waals surface area contributed by atoms with Crippen molar-refractivity contribution in [2.45, 2.75) is 13.8 Å². The second-order valence-electron chi connectivity index (χ2n) is 6.27. The standard InChI is InChI=1S/C22H22O5/c1-13-6-7-14(2)17(8-13)18-12-16(22(23)27-18)9-15-10-19(24-3)21(26-5)20(11-15)25-4/h6-12H,1-5H3/b16-9+. The number of hydrogen-bond donors (Lipinski definition) is 0. The number of cyclic esters (lactones) is 1. The minimum Gasteiger partial charge on any atom is -0.493 e. The first kappa shape index (κ1) is 18.6. The van der Waals surface area contributed by atoms with Gasteiger partial charge in [0.2, 0.25) is 5.75 Å². The molecule has 1 aliphatic heterocycles. The van der Waals surface area contributed by atoms with Crippen LogP contribution in [0.1, 0.15) is 22.3 Å². The van der Waals surface area contributed by atoms with Gasteiger partial charge in [0.1, 0.15) is 5.76 Å². The average Bonchev–Trinajstić information content (AvgIpc) is 3.02. The molecule has 0 spiro atoms. The molecule has 2 aromatic carbocycles. The van der Waals surface area contributed by atoms with Gasteiger partial charge in [-0.15, -0.1) is 0 Å². The second-order valence-corrected chi connectivity index (χ2v) is 6.27. The lowest BCUT2D eigenvalue weighted by atomic mass is 10.0. The fraction of sp³-hybridized carbons (Fsp3) is 0.227. The molecule has 5 heteroatoms. The number of aryl methyl sites for hydroxylation is 2. The zero-order chi connectivity index (χ0) is 19.6. The molecule has 2 aromatic rings. The van der Waals surface area contributed by atoms with Crippen LogP contribution in [0.15, 0.2) is 42.0 Å². The summed E-state index contributed by atoms with van der Waals surface area (Å²) in [6.45, 7) is 4.00. The molecule has 0 saturated heterocycles. The Morgan fingerprint density at radius 3 is 2.19 bits per heavy atom. The van der Waals surface area contributed by atoms with Crippen molar-refractivity contribution in [2.24, 2.45) is 0 Å². The van der Waals surface area contributed by atoms with Crippen LogP contribution in [-0.4, -0.2) is 27.3 Å². The number of carbonyl (C=O) groups excluding carboxylic acids is 1. The predicted octanol–water partition coefficient (Wildman–Crippen LogP) is 4.31. The van der Waals surface area contributed by atoms with Crippen LogP contribution >= 0.6 is 0 Å². The van der Waals surface area contributed by atoms with Crippen molar-refractivity contribution in [3.8, 4) is 17.2 Å². The van der Waals surface area contributed by atoms with Crippen LogP contribution in [-0.2, 0) is 9.53 Å². The van der Waals surface area contributed by atoms with Gasteiger partial charge in [0, 0.05) is 5.56 Å². The topological polar surface area (TPSA) is 54.0 Å². The summed E-state index contributed by atoms with van der Waals surface area (Å²) in [6.07, 6.45) is 3.50. The van der Waals surface area contributed by atoms with Crippen molar-refractivity contribution in [3.63, 3.8) is 0 Å². The Morgan fingerprint density at radius 2 is 1.59 bits per heavy atom. The van der Waals surface area contributed by atoms with Gasteiger partial charge in [-0.25, -0.2) is 4.79 Å². The van der Waals surface area contributed by atoms with E-state index in [2.05, 4.69) is 0 Å². The van der Waals surface area contributed by atoms with Gasteiger partial charge in [0.05, 0.1) is 26.9 Å². The summed E-state index contributed by atoms with van der Waals surface area (Å²) in [4.78, 5) is 12.4. The SMILES string of the molecule is COc1cc(/C=C2\C=C(c3cc(C)ccc3C)OC2=O)cc(OC)c1OC. The lowest BCUT2D eigenvalue weighted by Gasteiger charge is -2.12. The second kappa shape index (κ2) is 7.58. The molecule has 0 saturated carbocycles. The fourth-order valence-corrected chi connectivity index (χ4v) is 2.99. The largest absolute Gasteiger partial charge is 0.493 e. The lowest BCUT2D eigenvalue weighted by molar-refractivity contribution is -0.130. The van der Waals surface area contributed by atoms with E-state index in [4.69, 9.17) is 18.9 Å². The molecule has 0 aliphatic carbocycles. The minimum atomic E-state index is -0.389. The highest BCUT2D eigenvalue weighted by atomic mass is 16.5. The van der Waals surface area contributed by atoms with Crippen LogP contribution in [0.5, 0.6) is 17.2 Å². The van der Waals surface area contributed by atoms with Gasteiger partial charge in [-0.1, -0.05) is 17.7 Å². The fourth-order valence-electron chi connectivity index (χ4n) is 2.99. The maximum absolute atomic E-state index is 12.4. The summed E-state index contributed by atoms with van der Waals surface area (Å²) in [6, 6.07) is 9.62. The van der Waals surface area contributed by atoms with Crippen molar-refractivity contribution >= 4 is 17.8 Å². The van der Waals surface area contributed by atoms with E-state index in [1.54, 1.807) is 45.6 Å². The van der Waals surface area contributed by atoms with Gasteiger partial charge in [-0.2, -0.15) is 0 Å². The monoisotopic (exact) mass is 366 g/mol. The molecular weight excluding hydrogens is 344 g/mol. The number of methoxy groups -OCH3 is 3. The van der Waals surface area contributed by atoms with Crippen molar-refractivity contribution in [1.82, 2.24) is 0 Å². The third-order valence-electron chi connectivity index (χ3n) is 4.39. The molecule has 1 heterocycles. The number of benzene rings is 2. The predicted molar refractivity (Wildman–Crippen MR) is 104 cm³/mol. The molecule has 0 bridgehead atoms. The first-order valence-corrected chi connectivity index (χ1v) is 8.50. The molecule has 0 atom stereocenters. The smallest absolute Gasteiger partial charge is 0.343 e. The molecule has 27 heavy (non-hydrogen) atoms. The molecule has 0 radical (unpaired) electrons. The summed E-state index contributed by atoms with van der Waals surface area (Å²) < 4.78 is 21.6. The Morgan fingerprint density at radius 1 is 0.926 bits per heavy atom. The summed E-state index contributed by atoms with van der Waals surface area (Å²) in [5.74, 6) is 1.71. The van der Waals surface area contributed by atoms with E-state index >= 15 is 0 Å². The molecule has 1 aliphatic rings. The molecule has 0 N–H and O–H groups in total. The van der Waals surface area contributed by atoms with Crippen molar-refractivity contribution in [1.29, 1.82) is 0 Å². The molecule has 0 aromatic heterocycles. The Labute approximate surface area is 158 Å². The van der Waals surface area contributed by atoms with Gasteiger partial charge in [-0.3, -0.25) is 0 Å². The highest BCUT2D eigenvalue weighted by molar-refractivity contribution is 6.05. The molecule has 5 nitrogen and oxygen atoms in total. The average molecular weight is 366 g/mol. The Balaban J connectivity index is 2.03. The van der Waals surface area contributed by atoms with E-state index in [0.717, 1.165) is 22.3 Å². The molecule has 3 rings (SSSR count). The van der Waals surface area contributed by atoms with Crippen LogP contribution < -0.4 is 14.2 Å². The van der Waals surface area contributed by atoms with Gasteiger partial charge in [0.15, 0.2) is 11.5 Å². The van der Waals surface area contributed by atoms with E-state index in [0.29, 0.717) is 28.6 Å². The maximum Gasteiger partial charge on any atom is 0.343 e. The van der Waals surface area contributed by atoms with E-state index in [-0.39, 0.29) is 5.97 Å². The van der Waals surface area contributed by atoms with Crippen LogP contribution in [0.25, 0.3) is 11.8 Å². The summed E-state index contributed by atoms with van der Waals surface area (Å²) in [7, 11) is 4.65. The molecule has 0 amide bonds. The molecule has 0 unspecified atom stereocenters. The van der Waals surface area contributed by atoms with E-state index in [9.17, 15) is 4.79 Å². The third kappa shape index (κ3) is 3.67. The number of rotatable bonds is 5. The zero-order valence-electron chi connectivity index (χ0n) is 16.1. The van der Waals surface area contributed by atoms with Crippen LogP contribution in [0.3, 0.4) is 0 Å². The normalized spacial score (nSPS) is 14.8. The van der Waals surface area contributed by atoms with E-state index < -0.39 is 0 Å². The highest BCUT2D eigenvalue weighted by Crippen LogP contribution is 2.39. The van der Waals surface area contributed by atoms with Crippen molar-refractivity contribution < 1.29 is 23.7 Å². The zero-order valence-corrected chi connectivity index (χ0v) is 16.1. The Kier molecular flexibility index (Phi) is 5.21. The quantitative estimate of drug-likeness (QED) is 0.583. The van der Waals surface area contributed by atoms with Crippen molar-refractivity contribution in [2.75, 3.05) is 21.3 Å². The first-order valence-electron chi connectivity index (χ1n) is 8.50. The maximum atomic E-state index is 12.4. The van der Waals surface area contributed by atoms with Crippen LogP contribution in [0.4, 0.5) is 0 Å². The summed E-state index contributed by atoms with van der Waals surface area (Å²) in [5, 5.41) is 0. The minimum absolute atomic E-state index is 0.389. The first-order chi connectivity index (χ1) is 13.0. The highest BCUT2D eigenvalue weighted by Gasteiger charge is 2.23. The van der Waals surface area contributed by atoms with Gasteiger partial charge in [-0.05, 0) is 55.3 Å². The van der Waals surface area contributed by atoms with E-state index in [1.807, 2.05) is 32.0 Å². The van der Waals surface area contributed by atoms with Crippen molar-refractivity contribution in [3.05, 3.63) is 64.2 Å². The number of ether oxygens (including phenoxy) is 4. The molecule has 140 valence electrons. The number of carbonyl (C=O) groups is 1. The number of hydrogen-bond acceptors (Lipinski definition) is 5. The van der Waals surface area contributed by atoms with Gasteiger partial charge >= 0.3 is 5.97 Å². The summed E-state index contributed by atoms with van der Waals surface area (Å²) in [5.41, 5.74) is 4.27. The van der Waals surface area contributed by atoms with Crippen LogP contribution in [0.2, 0.25) is 0 Å². The molecule has 0 fully saturated rings. The number of esters is 1. The molecular formula is C22H22O5. The Bertz CT molecular complexity index is 928. The Hall–Kier alpha value is -3.21. The van der Waals surface area contributed by atoms with E-state index in [1.165, 1.54) is 0 Å². The van der Waals surface area contributed by atoms with Crippen LogP contribution in [0, 0.1) is 13.8 Å². The van der Waals surface area contributed by atoms with Gasteiger partial charge < -0.3 is 18.9 Å².